The first kappa shape index (κ1) is 10.7. The summed E-state index contributed by atoms with van der Waals surface area (Å²) in [5.41, 5.74) is 2.73. The number of anilines is 1. The summed E-state index contributed by atoms with van der Waals surface area (Å²) >= 11 is 0. The van der Waals surface area contributed by atoms with Gasteiger partial charge in [-0.05, 0) is 36.3 Å². The van der Waals surface area contributed by atoms with Crippen LogP contribution < -0.4 is 15.0 Å². The number of hydrogen-bond donors (Lipinski definition) is 1. The largest absolute Gasteiger partial charge is 0.493 e. The summed E-state index contributed by atoms with van der Waals surface area (Å²) < 4.78 is 5.78. The normalized spacial score (nSPS) is 29.9. The maximum Gasteiger partial charge on any atom is 0.124 e. The third kappa shape index (κ3) is 1.69. The zero-order valence-corrected chi connectivity index (χ0v) is 10.7. The molecule has 4 rings (SSSR count). The molecule has 0 aromatic heterocycles. The van der Waals surface area contributed by atoms with Crippen LogP contribution in [0.15, 0.2) is 18.2 Å². The first-order chi connectivity index (χ1) is 8.90. The van der Waals surface area contributed by atoms with Gasteiger partial charge in [-0.3, -0.25) is 0 Å². The van der Waals surface area contributed by atoms with Gasteiger partial charge < -0.3 is 15.0 Å². The highest BCUT2D eigenvalue weighted by molar-refractivity contribution is 5.55. The molecule has 3 aliphatic rings. The van der Waals surface area contributed by atoms with Crippen molar-refractivity contribution in [1.29, 1.82) is 0 Å². The van der Waals surface area contributed by atoms with Crippen molar-refractivity contribution >= 4 is 5.69 Å². The maximum absolute atomic E-state index is 5.78. The fourth-order valence-electron chi connectivity index (χ4n) is 3.59. The SMILES string of the molecule is c1cc2c(cc1N1C[C@H]3CNC[C@@H]3C1)OCCC2. The standard InChI is InChI=1S/C15H20N2O/c1-2-11-3-4-14(6-15(11)18-5-1)17-9-12-7-16-8-13(12)10-17/h3-4,6,12-13,16H,1-2,5,7-10H2/t12-,13-/m1/s1. The third-order valence-corrected chi connectivity index (χ3v) is 4.65. The fraction of sp³-hybridized carbons (Fsp3) is 0.600. The van der Waals surface area contributed by atoms with E-state index >= 15 is 0 Å². The highest BCUT2D eigenvalue weighted by Gasteiger charge is 2.36. The summed E-state index contributed by atoms with van der Waals surface area (Å²) in [6.07, 6.45) is 2.33. The molecule has 2 fully saturated rings. The third-order valence-electron chi connectivity index (χ3n) is 4.65. The van der Waals surface area contributed by atoms with E-state index in [1.807, 2.05) is 0 Å². The second-order valence-electron chi connectivity index (χ2n) is 5.83. The van der Waals surface area contributed by atoms with Gasteiger partial charge in [0.1, 0.15) is 5.75 Å². The lowest BCUT2D eigenvalue weighted by atomic mass is 10.0. The zero-order valence-electron chi connectivity index (χ0n) is 10.7. The molecule has 3 heteroatoms. The van der Waals surface area contributed by atoms with Gasteiger partial charge in [0.15, 0.2) is 0 Å². The molecule has 3 heterocycles. The Morgan fingerprint density at radius 1 is 1.17 bits per heavy atom. The van der Waals surface area contributed by atoms with E-state index in [-0.39, 0.29) is 0 Å². The Hall–Kier alpha value is -1.22. The van der Waals surface area contributed by atoms with Crippen molar-refractivity contribution in [2.45, 2.75) is 12.8 Å². The number of nitrogens with zero attached hydrogens (tertiary/aromatic N) is 1. The zero-order chi connectivity index (χ0) is 11.9. The molecule has 18 heavy (non-hydrogen) atoms. The van der Waals surface area contributed by atoms with E-state index in [2.05, 4.69) is 28.4 Å². The van der Waals surface area contributed by atoms with Crippen LogP contribution in [0, 0.1) is 11.8 Å². The number of benzene rings is 1. The molecule has 0 bridgehead atoms. The molecule has 96 valence electrons. The second-order valence-corrected chi connectivity index (χ2v) is 5.83. The number of fused-ring (bicyclic) bond motifs is 2. The number of hydrogen-bond acceptors (Lipinski definition) is 3. The smallest absolute Gasteiger partial charge is 0.124 e. The van der Waals surface area contributed by atoms with Crippen LogP contribution in [0.4, 0.5) is 5.69 Å². The Bertz CT molecular complexity index is 448. The van der Waals surface area contributed by atoms with Crippen molar-refractivity contribution in [3.8, 4) is 5.75 Å². The number of rotatable bonds is 1. The number of aryl methyl sites for hydroxylation is 1. The Balaban J connectivity index is 1.58. The molecule has 2 atom stereocenters. The van der Waals surface area contributed by atoms with Gasteiger partial charge in [0.2, 0.25) is 0 Å². The molecule has 1 aromatic carbocycles. The Kier molecular flexibility index (Phi) is 2.47. The van der Waals surface area contributed by atoms with Crippen LogP contribution in [-0.4, -0.2) is 32.8 Å². The van der Waals surface area contributed by atoms with Crippen LogP contribution in [0.3, 0.4) is 0 Å². The summed E-state index contributed by atoms with van der Waals surface area (Å²) in [5, 5.41) is 3.49. The minimum absolute atomic E-state index is 0.849. The lowest BCUT2D eigenvalue weighted by Gasteiger charge is -2.23. The molecular weight excluding hydrogens is 224 g/mol. The van der Waals surface area contributed by atoms with Crippen molar-refractivity contribution in [3.05, 3.63) is 23.8 Å². The van der Waals surface area contributed by atoms with Crippen LogP contribution in [-0.2, 0) is 6.42 Å². The minimum Gasteiger partial charge on any atom is -0.493 e. The predicted molar refractivity (Wildman–Crippen MR) is 72.3 cm³/mol. The molecule has 0 saturated carbocycles. The van der Waals surface area contributed by atoms with E-state index in [0.717, 1.165) is 30.6 Å². The monoisotopic (exact) mass is 244 g/mol. The van der Waals surface area contributed by atoms with Gasteiger partial charge in [0.25, 0.3) is 0 Å². The lowest BCUT2D eigenvalue weighted by molar-refractivity contribution is 0.288. The summed E-state index contributed by atoms with van der Waals surface area (Å²) in [6, 6.07) is 6.79. The van der Waals surface area contributed by atoms with Gasteiger partial charge in [0.05, 0.1) is 6.61 Å². The Morgan fingerprint density at radius 2 is 2.00 bits per heavy atom. The first-order valence-corrected chi connectivity index (χ1v) is 7.11. The molecule has 2 saturated heterocycles. The molecular formula is C15H20N2O. The van der Waals surface area contributed by atoms with Crippen molar-refractivity contribution < 1.29 is 4.74 Å². The average Bonchev–Trinajstić information content (AvgIpc) is 2.99. The fourth-order valence-corrected chi connectivity index (χ4v) is 3.59. The number of nitrogens with one attached hydrogen (secondary N) is 1. The molecule has 1 N–H and O–H groups in total. The van der Waals surface area contributed by atoms with Crippen molar-refractivity contribution in [2.24, 2.45) is 11.8 Å². The number of ether oxygens (including phenoxy) is 1. The summed E-state index contributed by atoms with van der Waals surface area (Å²) in [7, 11) is 0. The highest BCUT2D eigenvalue weighted by Crippen LogP contribution is 2.34. The van der Waals surface area contributed by atoms with Crippen molar-refractivity contribution in [2.75, 3.05) is 37.7 Å². The molecule has 0 radical (unpaired) electrons. The summed E-state index contributed by atoms with van der Waals surface area (Å²) in [4.78, 5) is 2.54. The van der Waals surface area contributed by atoms with Gasteiger partial charge in [-0.15, -0.1) is 0 Å². The van der Waals surface area contributed by atoms with E-state index in [1.165, 1.54) is 43.9 Å². The first-order valence-electron chi connectivity index (χ1n) is 7.11. The van der Waals surface area contributed by atoms with E-state index in [1.54, 1.807) is 0 Å². The van der Waals surface area contributed by atoms with Gasteiger partial charge in [-0.2, -0.15) is 0 Å². The summed E-state index contributed by atoms with van der Waals surface area (Å²) in [6.45, 7) is 5.68. The quantitative estimate of drug-likeness (QED) is 0.813. The van der Waals surface area contributed by atoms with E-state index in [4.69, 9.17) is 4.74 Å². The Labute approximate surface area is 108 Å². The van der Waals surface area contributed by atoms with Gasteiger partial charge >= 0.3 is 0 Å². The van der Waals surface area contributed by atoms with Gasteiger partial charge in [0, 0.05) is 37.9 Å². The van der Waals surface area contributed by atoms with Crippen LogP contribution in [0.25, 0.3) is 0 Å². The van der Waals surface area contributed by atoms with Crippen LogP contribution in [0.2, 0.25) is 0 Å². The molecule has 1 aromatic rings. The average molecular weight is 244 g/mol. The summed E-state index contributed by atoms with van der Waals surface area (Å²) in [5.74, 6) is 2.82. The van der Waals surface area contributed by atoms with Crippen molar-refractivity contribution in [1.82, 2.24) is 5.32 Å². The molecule has 3 nitrogen and oxygen atoms in total. The van der Waals surface area contributed by atoms with Gasteiger partial charge in [-0.1, -0.05) is 6.07 Å². The van der Waals surface area contributed by atoms with Crippen LogP contribution >= 0.6 is 0 Å². The van der Waals surface area contributed by atoms with Crippen molar-refractivity contribution in [3.63, 3.8) is 0 Å². The van der Waals surface area contributed by atoms with E-state index in [9.17, 15) is 0 Å². The van der Waals surface area contributed by atoms with Gasteiger partial charge in [-0.25, -0.2) is 0 Å². The topological polar surface area (TPSA) is 24.5 Å². The predicted octanol–water partition coefficient (Wildman–Crippen LogP) is 1.67. The van der Waals surface area contributed by atoms with E-state index in [0.29, 0.717) is 0 Å². The van der Waals surface area contributed by atoms with E-state index < -0.39 is 0 Å². The molecule has 0 aliphatic carbocycles. The molecule has 0 unspecified atom stereocenters. The molecule has 3 aliphatic heterocycles. The minimum atomic E-state index is 0.849. The second kappa shape index (κ2) is 4.16. The molecule has 0 amide bonds. The maximum atomic E-state index is 5.78. The van der Waals surface area contributed by atoms with Crippen LogP contribution in [0.5, 0.6) is 5.75 Å². The Morgan fingerprint density at radius 3 is 2.83 bits per heavy atom. The lowest BCUT2D eigenvalue weighted by Crippen LogP contribution is -2.25. The highest BCUT2D eigenvalue weighted by atomic mass is 16.5. The van der Waals surface area contributed by atoms with Crippen LogP contribution in [0.1, 0.15) is 12.0 Å². The molecule has 0 spiro atoms.